The minimum atomic E-state index is 0.480. The lowest BCUT2D eigenvalue weighted by Gasteiger charge is -2.16. The first kappa shape index (κ1) is 16.9. The number of halogens is 3. The summed E-state index contributed by atoms with van der Waals surface area (Å²) in [5, 5.41) is 1.77. The monoisotopic (exact) mass is 430 g/mol. The van der Waals surface area contributed by atoms with Gasteiger partial charge in [-0.15, -0.1) is 0 Å². The van der Waals surface area contributed by atoms with E-state index >= 15 is 0 Å². The second-order valence-corrected chi connectivity index (χ2v) is 6.89. The molecule has 0 heterocycles. The van der Waals surface area contributed by atoms with Crippen LogP contribution in [0.5, 0.6) is 5.75 Å². The molecule has 1 nitrogen and oxygen atoms in total. The van der Waals surface area contributed by atoms with E-state index in [1.807, 2.05) is 30.3 Å². The summed E-state index contributed by atoms with van der Waals surface area (Å²) in [5.41, 5.74) is 2.45. The van der Waals surface area contributed by atoms with Crippen LogP contribution >= 0.6 is 43.5 Å². The third-order valence-electron chi connectivity index (χ3n) is 3.45. The molecular formula is C17H17Br2ClO. The molecule has 0 saturated heterocycles. The fraction of sp³-hybridized carbons (Fsp3) is 0.294. The maximum Gasteiger partial charge on any atom is 0.119 e. The van der Waals surface area contributed by atoms with Gasteiger partial charge < -0.3 is 4.74 Å². The molecule has 112 valence electrons. The highest BCUT2D eigenvalue weighted by atomic mass is 79.9. The van der Waals surface area contributed by atoms with E-state index in [0.29, 0.717) is 5.92 Å². The molecule has 0 N–H and O–H groups in total. The Labute approximate surface area is 147 Å². The van der Waals surface area contributed by atoms with Gasteiger partial charge in [0.05, 0.1) is 7.11 Å². The van der Waals surface area contributed by atoms with Crippen LogP contribution in [0.15, 0.2) is 46.9 Å². The van der Waals surface area contributed by atoms with Crippen LogP contribution in [-0.4, -0.2) is 12.4 Å². The molecule has 0 spiro atoms. The van der Waals surface area contributed by atoms with Crippen LogP contribution in [0.4, 0.5) is 0 Å². The molecule has 0 aliphatic heterocycles. The Morgan fingerprint density at radius 1 is 1.10 bits per heavy atom. The highest BCUT2D eigenvalue weighted by Gasteiger charge is 2.13. The van der Waals surface area contributed by atoms with Crippen molar-refractivity contribution in [1.82, 2.24) is 0 Å². The lowest BCUT2D eigenvalue weighted by Crippen LogP contribution is -2.10. The zero-order valence-electron chi connectivity index (χ0n) is 11.8. The first-order valence-electron chi connectivity index (χ1n) is 6.75. The van der Waals surface area contributed by atoms with Gasteiger partial charge in [-0.25, -0.2) is 0 Å². The van der Waals surface area contributed by atoms with Gasteiger partial charge >= 0.3 is 0 Å². The largest absolute Gasteiger partial charge is 0.497 e. The van der Waals surface area contributed by atoms with E-state index in [4.69, 9.17) is 16.3 Å². The van der Waals surface area contributed by atoms with Crippen molar-refractivity contribution in [3.05, 3.63) is 63.1 Å². The Morgan fingerprint density at radius 3 is 2.48 bits per heavy atom. The topological polar surface area (TPSA) is 9.23 Å². The number of hydrogen-bond acceptors (Lipinski definition) is 1. The first-order valence-corrected chi connectivity index (χ1v) is 9.05. The van der Waals surface area contributed by atoms with E-state index in [0.717, 1.165) is 33.4 Å². The first-order chi connectivity index (χ1) is 10.1. The van der Waals surface area contributed by atoms with E-state index in [-0.39, 0.29) is 0 Å². The van der Waals surface area contributed by atoms with Gasteiger partial charge in [0.25, 0.3) is 0 Å². The average Bonchev–Trinajstić information content (AvgIpc) is 2.50. The van der Waals surface area contributed by atoms with E-state index in [9.17, 15) is 0 Å². The minimum Gasteiger partial charge on any atom is -0.497 e. The van der Waals surface area contributed by atoms with Crippen LogP contribution in [-0.2, 0) is 12.8 Å². The van der Waals surface area contributed by atoms with Crippen LogP contribution in [0.3, 0.4) is 0 Å². The van der Waals surface area contributed by atoms with Crippen molar-refractivity contribution in [3.63, 3.8) is 0 Å². The van der Waals surface area contributed by atoms with Gasteiger partial charge in [-0.1, -0.05) is 61.7 Å². The van der Waals surface area contributed by atoms with Gasteiger partial charge in [-0.05, 0) is 54.2 Å². The molecule has 2 rings (SSSR count). The molecule has 0 bridgehead atoms. The molecule has 2 aromatic rings. The Morgan fingerprint density at radius 2 is 1.81 bits per heavy atom. The van der Waals surface area contributed by atoms with Crippen molar-refractivity contribution in [1.29, 1.82) is 0 Å². The van der Waals surface area contributed by atoms with Gasteiger partial charge in [0.2, 0.25) is 0 Å². The van der Waals surface area contributed by atoms with E-state index in [1.54, 1.807) is 7.11 Å². The summed E-state index contributed by atoms with van der Waals surface area (Å²) in [7, 11) is 1.69. The Bertz CT molecular complexity index is 601. The summed E-state index contributed by atoms with van der Waals surface area (Å²) >= 11 is 13.5. The zero-order chi connectivity index (χ0) is 15.2. The van der Waals surface area contributed by atoms with Crippen molar-refractivity contribution >= 4 is 43.5 Å². The van der Waals surface area contributed by atoms with Crippen LogP contribution in [0.2, 0.25) is 5.02 Å². The van der Waals surface area contributed by atoms with Crippen molar-refractivity contribution in [2.45, 2.75) is 12.8 Å². The lowest BCUT2D eigenvalue weighted by molar-refractivity contribution is 0.413. The third-order valence-corrected chi connectivity index (χ3v) is 5.50. The molecule has 1 atom stereocenters. The van der Waals surface area contributed by atoms with Crippen LogP contribution < -0.4 is 4.74 Å². The lowest BCUT2D eigenvalue weighted by atomic mass is 9.94. The van der Waals surface area contributed by atoms with E-state index in [2.05, 4.69) is 44.0 Å². The summed E-state index contributed by atoms with van der Waals surface area (Å²) in [5.74, 6) is 1.37. The molecule has 1 unspecified atom stereocenters. The molecule has 0 fully saturated rings. The van der Waals surface area contributed by atoms with Crippen molar-refractivity contribution in [2.24, 2.45) is 5.92 Å². The SMILES string of the molecule is COc1ccc(Br)c(CC(CBr)Cc2ccccc2Cl)c1. The van der Waals surface area contributed by atoms with Gasteiger partial charge in [0.15, 0.2) is 0 Å². The number of ether oxygens (including phenoxy) is 1. The molecule has 0 amide bonds. The highest BCUT2D eigenvalue weighted by Crippen LogP contribution is 2.28. The number of alkyl halides is 1. The predicted octanol–water partition coefficient (Wildman–Crippen LogP) is 5.91. The predicted molar refractivity (Wildman–Crippen MR) is 96.8 cm³/mol. The van der Waals surface area contributed by atoms with Gasteiger partial charge in [-0.2, -0.15) is 0 Å². The number of hydrogen-bond donors (Lipinski definition) is 0. The molecule has 4 heteroatoms. The van der Waals surface area contributed by atoms with Crippen LogP contribution in [0, 0.1) is 5.92 Å². The molecule has 21 heavy (non-hydrogen) atoms. The fourth-order valence-electron chi connectivity index (χ4n) is 2.30. The highest BCUT2D eigenvalue weighted by molar-refractivity contribution is 9.10. The van der Waals surface area contributed by atoms with E-state index in [1.165, 1.54) is 11.1 Å². The molecule has 0 saturated carbocycles. The fourth-order valence-corrected chi connectivity index (χ4v) is 3.38. The van der Waals surface area contributed by atoms with Crippen molar-refractivity contribution < 1.29 is 4.74 Å². The molecule has 0 aliphatic rings. The molecule has 2 aromatic carbocycles. The zero-order valence-corrected chi connectivity index (χ0v) is 15.7. The number of methoxy groups -OCH3 is 1. The molecule has 0 radical (unpaired) electrons. The Hall–Kier alpha value is -0.510. The molecular weight excluding hydrogens is 415 g/mol. The summed E-state index contributed by atoms with van der Waals surface area (Å²) < 4.78 is 6.43. The second-order valence-electron chi connectivity index (χ2n) is 4.98. The standard InChI is InChI=1S/C17H17Br2ClO/c1-21-15-6-7-16(19)14(10-15)9-12(11-18)8-13-4-2-3-5-17(13)20/h2-7,10,12H,8-9,11H2,1H3. The number of benzene rings is 2. The van der Waals surface area contributed by atoms with Crippen LogP contribution in [0.1, 0.15) is 11.1 Å². The third kappa shape index (κ3) is 4.73. The van der Waals surface area contributed by atoms with Gasteiger partial charge in [0, 0.05) is 14.8 Å². The summed E-state index contributed by atoms with van der Waals surface area (Å²) in [6.45, 7) is 0. The smallest absolute Gasteiger partial charge is 0.119 e. The second kappa shape index (κ2) is 8.21. The van der Waals surface area contributed by atoms with Gasteiger partial charge in [0.1, 0.15) is 5.75 Å². The van der Waals surface area contributed by atoms with Crippen molar-refractivity contribution in [3.8, 4) is 5.75 Å². The van der Waals surface area contributed by atoms with Crippen LogP contribution in [0.25, 0.3) is 0 Å². The summed E-state index contributed by atoms with van der Waals surface area (Å²) in [6, 6.07) is 14.1. The Kier molecular flexibility index (Phi) is 6.59. The minimum absolute atomic E-state index is 0.480. The molecule has 0 aliphatic carbocycles. The maximum absolute atomic E-state index is 6.26. The maximum atomic E-state index is 6.26. The summed E-state index contributed by atoms with van der Waals surface area (Å²) in [4.78, 5) is 0. The average molecular weight is 433 g/mol. The Balaban J connectivity index is 2.14. The summed E-state index contributed by atoms with van der Waals surface area (Å²) in [6.07, 6.45) is 1.92. The number of rotatable bonds is 6. The van der Waals surface area contributed by atoms with Crippen molar-refractivity contribution in [2.75, 3.05) is 12.4 Å². The van der Waals surface area contributed by atoms with Gasteiger partial charge in [-0.3, -0.25) is 0 Å². The quantitative estimate of drug-likeness (QED) is 0.516. The van der Waals surface area contributed by atoms with E-state index < -0.39 is 0 Å². The molecule has 0 aromatic heterocycles. The normalized spacial score (nSPS) is 12.2.